The lowest BCUT2D eigenvalue weighted by atomic mass is 9.90. The molecule has 1 N–H and O–H groups in total. The summed E-state index contributed by atoms with van der Waals surface area (Å²) < 4.78 is 66.5. The SMILES string of the molecule is O=C1CN(S(=O)(=O)C2=Cc3ccc(Cl)cc3OC2)CCN1CC1(O)CCN(c2ccncc2)CC1.O=C1CN(S(=O)(=O)C2=Cc3ccc(Cl)cc3OC2)CCN1CC1CCN(c2ccncc2)CC1. The Morgan fingerprint density at radius 1 is 0.609 bits per heavy atom. The van der Waals surface area contributed by atoms with Gasteiger partial charge >= 0.3 is 0 Å². The summed E-state index contributed by atoms with van der Waals surface area (Å²) in [6.07, 6.45) is 13.3. The summed E-state index contributed by atoms with van der Waals surface area (Å²) >= 11 is 12.0. The Labute approximate surface area is 412 Å². The Kier molecular flexibility index (Phi) is 14.5. The number of β-amino-alcohol motifs (C(OH)–C–C–N with tert-alkyl or cyclic N) is 1. The molecule has 4 saturated heterocycles. The number of amides is 2. The van der Waals surface area contributed by atoms with Gasteiger partial charge in [0.25, 0.3) is 0 Å². The van der Waals surface area contributed by atoms with E-state index < -0.39 is 25.6 Å². The molecule has 10 rings (SSSR count). The van der Waals surface area contributed by atoms with Crippen LogP contribution in [0.2, 0.25) is 10.0 Å². The van der Waals surface area contributed by atoms with E-state index in [0.29, 0.717) is 77.6 Å². The third-order valence-corrected chi connectivity index (χ3v) is 17.8. The maximum atomic E-state index is 13.2. The van der Waals surface area contributed by atoms with Crippen molar-refractivity contribution in [1.82, 2.24) is 28.4 Å². The predicted molar refractivity (Wildman–Crippen MR) is 264 cm³/mol. The number of piperidine rings is 2. The Morgan fingerprint density at radius 2 is 1.06 bits per heavy atom. The molecular weight excluding hydrogens is 968 g/mol. The van der Waals surface area contributed by atoms with Crippen LogP contribution in [0.25, 0.3) is 12.2 Å². The van der Waals surface area contributed by atoms with Gasteiger partial charge in [0.05, 0.1) is 28.5 Å². The molecule has 6 aliphatic heterocycles. The second kappa shape index (κ2) is 20.6. The highest BCUT2D eigenvalue weighted by Crippen LogP contribution is 2.35. The summed E-state index contributed by atoms with van der Waals surface area (Å²) in [6.45, 7) is 4.61. The molecule has 0 radical (unpaired) electrons. The molecule has 4 fully saturated rings. The summed E-state index contributed by atoms with van der Waals surface area (Å²) in [5.41, 5.74) is 2.53. The normalized spacial score (nSPS) is 20.4. The van der Waals surface area contributed by atoms with Crippen LogP contribution in [0.4, 0.5) is 11.4 Å². The fraction of sp³-hybridized carbons (Fsp3) is 0.417. The molecule has 2 aromatic carbocycles. The second-order valence-electron chi connectivity index (χ2n) is 18.0. The molecule has 2 aromatic heterocycles. The number of hydrogen-bond donors (Lipinski definition) is 1. The van der Waals surface area contributed by atoms with E-state index >= 15 is 0 Å². The fourth-order valence-electron chi connectivity index (χ4n) is 9.50. The average molecular weight is 1020 g/mol. The lowest BCUT2D eigenvalue weighted by Crippen LogP contribution is -2.58. The number of aromatic nitrogens is 2. The highest BCUT2D eigenvalue weighted by molar-refractivity contribution is 7.93. The van der Waals surface area contributed by atoms with Crippen molar-refractivity contribution in [3.63, 3.8) is 0 Å². The zero-order valence-electron chi connectivity index (χ0n) is 37.9. The number of halogens is 2. The van der Waals surface area contributed by atoms with Crippen molar-refractivity contribution in [2.75, 3.05) is 102 Å². The van der Waals surface area contributed by atoms with Crippen molar-refractivity contribution < 1.29 is 41.0 Å². The third-order valence-electron chi connectivity index (χ3n) is 13.6. The minimum absolute atomic E-state index is 0.0693. The molecule has 8 heterocycles. The van der Waals surface area contributed by atoms with Crippen molar-refractivity contribution in [2.24, 2.45) is 5.92 Å². The smallest absolute Gasteiger partial charge is 0.243 e. The largest absolute Gasteiger partial charge is 0.487 e. The van der Waals surface area contributed by atoms with Crippen molar-refractivity contribution >= 4 is 78.6 Å². The van der Waals surface area contributed by atoms with Crippen LogP contribution in [0.3, 0.4) is 0 Å². The quantitative estimate of drug-likeness (QED) is 0.228. The Morgan fingerprint density at radius 3 is 1.52 bits per heavy atom. The number of sulfonamides is 2. The fourth-order valence-corrected chi connectivity index (χ4v) is 12.7. The Bertz CT molecular complexity index is 2830. The first-order chi connectivity index (χ1) is 33.1. The van der Waals surface area contributed by atoms with E-state index in [9.17, 15) is 31.5 Å². The van der Waals surface area contributed by atoms with Crippen molar-refractivity contribution in [3.8, 4) is 11.5 Å². The van der Waals surface area contributed by atoms with Gasteiger partial charge in [0, 0.05) is 123 Å². The van der Waals surface area contributed by atoms with E-state index in [0.717, 1.165) is 31.6 Å². The van der Waals surface area contributed by atoms with E-state index in [-0.39, 0.29) is 74.1 Å². The molecule has 366 valence electrons. The maximum Gasteiger partial charge on any atom is 0.243 e. The molecule has 0 bridgehead atoms. The van der Waals surface area contributed by atoms with Crippen molar-refractivity contribution in [2.45, 2.75) is 31.3 Å². The number of ether oxygens (including phenoxy) is 2. The molecule has 0 spiro atoms. The number of carbonyl (C=O) groups is 2. The first-order valence-electron chi connectivity index (χ1n) is 23.0. The first kappa shape index (κ1) is 48.7. The predicted octanol–water partition coefficient (Wildman–Crippen LogP) is 4.83. The standard InChI is InChI=1S/C24H27ClN4O5S.C24H27ClN4O4S/c25-19-2-1-18-13-21(16-34-22(18)14-19)35(32,33)29-12-11-28(23(30)15-29)17-24(31)5-9-27(10-6-24)20-3-7-26-8-4-20;25-20-2-1-19-13-22(17-33-23(19)14-20)34(31,32)29-12-11-28(24(30)16-29)15-18-5-9-27(10-6-18)21-3-7-26-8-4-21/h1-4,7-8,13-14,31H,5-6,9-12,15-17H2;1-4,7-8,13-14,18H,5-6,9-12,15-17H2. The number of rotatable bonds is 10. The molecule has 17 nitrogen and oxygen atoms in total. The lowest BCUT2D eigenvalue weighted by molar-refractivity contribution is -0.138. The highest BCUT2D eigenvalue weighted by atomic mass is 35.5. The number of anilines is 2. The van der Waals surface area contributed by atoms with Gasteiger partial charge in [-0.05, 0) is 104 Å². The van der Waals surface area contributed by atoms with Crippen LogP contribution in [0.5, 0.6) is 11.5 Å². The average Bonchev–Trinajstić information content (AvgIpc) is 3.36. The molecule has 6 aliphatic rings. The summed E-state index contributed by atoms with van der Waals surface area (Å²) in [6, 6.07) is 18.0. The van der Waals surface area contributed by atoms with Gasteiger partial charge in [-0.15, -0.1) is 0 Å². The molecule has 0 saturated carbocycles. The van der Waals surface area contributed by atoms with E-state index in [1.165, 1.54) is 14.3 Å². The zero-order valence-corrected chi connectivity index (χ0v) is 41.1. The molecule has 2 amide bonds. The number of pyridine rings is 2. The number of nitrogens with zero attached hydrogens (tertiary/aromatic N) is 8. The number of hydrogen-bond acceptors (Lipinski definition) is 13. The Balaban J connectivity index is 0.000000172. The van der Waals surface area contributed by atoms with Crippen molar-refractivity contribution in [1.29, 1.82) is 0 Å². The first-order valence-corrected chi connectivity index (χ1v) is 26.6. The van der Waals surface area contributed by atoms with Crippen LogP contribution < -0.4 is 19.3 Å². The van der Waals surface area contributed by atoms with E-state index in [2.05, 4.69) is 19.8 Å². The van der Waals surface area contributed by atoms with Gasteiger partial charge < -0.3 is 34.2 Å². The molecule has 21 heteroatoms. The molecule has 0 aliphatic carbocycles. The summed E-state index contributed by atoms with van der Waals surface area (Å²) in [5.74, 6) is 1.05. The van der Waals surface area contributed by atoms with Gasteiger partial charge in [-0.25, -0.2) is 16.8 Å². The van der Waals surface area contributed by atoms with Crippen LogP contribution in [0.15, 0.2) is 95.3 Å². The van der Waals surface area contributed by atoms with E-state index in [4.69, 9.17) is 32.7 Å². The summed E-state index contributed by atoms with van der Waals surface area (Å²) in [7, 11) is -7.65. The van der Waals surface area contributed by atoms with Gasteiger partial charge in [-0.2, -0.15) is 8.61 Å². The molecule has 4 aromatic rings. The number of aliphatic hydroxyl groups is 1. The van der Waals surface area contributed by atoms with Crippen LogP contribution in [-0.2, 0) is 29.6 Å². The molecule has 0 unspecified atom stereocenters. The van der Waals surface area contributed by atoms with E-state index in [1.54, 1.807) is 78.2 Å². The minimum atomic E-state index is -3.87. The van der Waals surface area contributed by atoms with E-state index in [1.807, 2.05) is 29.2 Å². The summed E-state index contributed by atoms with van der Waals surface area (Å²) in [5, 5.41) is 12.2. The van der Waals surface area contributed by atoms with Crippen LogP contribution in [0, 0.1) is 5.92 Å². The monoisotopic (exact) mass is 1020 g/mol. The van der Waals surface area contributed by atoms with Gasteiger partial charge in [-0.1, -0.05) is 23.2 Å². The van der Waals surface area contributed by atoms with Gasteiger partial charge in [-0.3, -0.25) is 19.6 Å². The third kappa shape index (κ3) is 11.2. The van der Waals surface area contributed by atoms with Crippen LogP contribution >= 0.6 is 23.2 Å². The molecule has 0 atom stereocenters. The summed E-state index contributed by atoms with van der Waals surface area (Å²) in [4.78, 5) is 42.1. The minimum Gasteiger partial charge on any atom is -0.487 e. The Hall–Kier alpha value is -5.28. The number of benzene rings is 2. The van der Waals surface area contributed by atoms with Crippen molar-refractivity contribution in [3.05, 3.63) is 116 Å². The van der Waals surface area contributed by atoms with Gasteiger partial charge in [0.15, 0.2) is 0 Å². The van der Waals surface area contributed by atoms with Gasteiger partial charge in [0.1, 0.15) is 24.7 Å². The van der Waals surface area contributed by atoms with Gasteiger partial charge in [0.2, 0.25) is 31.9 Å². The van der Waals surface area contributed by atoms with Crippen LogP contribution in [-0.4, -0.2) is 159 Å². The number of carbonyl (C=O) groups excluding carboxylic acids is 2. The number of piperazine rings is 2. The topological polar surface area (TPSA) is 186 Å². The zero-order chi connectivity index (χ0) is 48.3. The molecule has 69 heavy (non-hydrogen) atoms. The maximum absolute atomic E-state index is 13.2. The number of fused-ring (bicyclic) bond motifs is 2. The molecular formula is C48H54Cl2N8O9S2. The van der Waals surface area contributed by atoms with Crippen LogP contribution in [0.1, 0.15) is 36.8 Å². The lowest BCUT2D eigenvalue weighted by Gasteiger charge is -2.43. The second-order valence-corrected chi connectivity index (χ2v) is 22.9. The highest BCUT2D eigenvalue weighted by Gasteiger charge is 2.41.